The van der Waals surface area contributed by atoms with Gasteiger partial charge in [-0.2, -0.15) is 0 Å². The standard InChI is InChI=1S/C9H12O3/c1-2-3-4-9(8(10)11)5-6-12-7-9/h4-7H2,1H3,(H,10,11). The Labute approximate surface area is 71.7 Å². The molecule has 0 radical (unpaired) electrons. The third-order valence-corrected chi connectivity index (χ3v) is 2.16. The summed E-state index contributed by atoms with van der Waals surface area (Å²) < 4.78 is 5.07. The summed E-state index contributed by atoms with van der Waals surface area (Å²) in [5, 5.41) is 8.94. The van der Waals surface area contributed by atoms with Crippen molar-refractivity contribution in [3.8, 4) is 11.8 Å². The molecule has 0 amide bonds. The molecule has 0 aliphatic carbocycles. The van der Waals surface area contributed by atoms with Gasteiger partial charge in [-0.1, -0.05) is 0 Å². The Kier molecular flexibility index (Phi) is 2.72. The number of ether oxygens (including phenoxy) is 1. The van der Waals surface area contributed by atoms with E-state index in [0.717, 1.165) is 0 Å². The Balaban J connectivity index is 2.69. The summed E-state index contributed by atoms with van der Waals surface area (Å²) in [5.41, 5.74) is -0.733. The first-order valence-corrected chi connectivity index (χ1v) is 3.92. The minimum atomic E-state index is -0.789. The topological polar surface area (TPSA) is 46.5 Å². The Morgan fingerprint density at radius 3 is 2.92 bits per heavy atom. The molecule has 1 fully saturated rings. The van der Waals surface area contributed by atoms with Gasteiger partial charge in [0.1, 0.15) is 5.41 Å². The van der Waals surface area contributed by atoms with E-state index in [1.807, 2.05) is 0 Å². The molecule has 1 N–H and O–H groups in total. The summed E-state index contributed by atoms with van der Waals surface area (Å²) in [4.78, 5) is 10.9. The van der Waals surface area contributed by atoms with E-state index in [1.54, 1.807) is 6.92 Å². The van der Waals surface area contributed by atoms with Gasteiger partial charge in [0.25, 0.3) is 0 Å². The molecule has 12 heavy (non-hydrogen) atoms. The highest BCUT2D eigenvalue weighted by Crippen LogP contribution is 2.32. The van der Waals surface area contributed by atoms with Crippen LogP contribution in [0.2, 0.25) is 0 Å². The molecule has 1 unspecified atom stereocenters. The Morgan fingerprint density at radius 2 is 2.50 bits per heavy atom. The largest absolute Gasteiger partial charge is 0.481 e. The van der Waals surface area contributed by atoms with E-state index in [2.05, 4.69) is 11.8 Å². The van der Waals surface area contributed by atoms with E-state index < -0.39 is 11.4 Å². The van der Waals surface area contributed by atoms with Crippen molar-refractivity contribution in [1.29, 1.82) is 0 Å². The molecule has 1 saturated heterocycles. The van der Waals surface area contributed by atoms with E-state index in [4.69, 9.17) is 9.84 Å². The maximum atomic E-state index is 10.9. The fourth-order valence-corrected chi connectivity index (χ4v) is 1.25. The SMILES string of the molecule is CC#CCC1(C(=O)O)CCOC1. The van der Waals surface area contributed by atoms with Crippen LogP contribution in [0.4, 0.5) is 0 Å². The summed E-state index contributed by atoms with van der Waals surface area (Å²) in [6.45, 7) is 2.56. The molecule has 1 atom stereocenters. The third kappa shape index (κ3) is 1.59. The number of rotatable bonds is 2. The van der Waals surface area contributed by atoms with Crippen LogP contribution in [-0.2, 0) is 9.53 Å². The molecular weight excluding hydrogens is 156 g/mol. The average Bonchev–Trinajstić information content (AvgIpc) is 2.50. The zero-order valence-electron chi connectivity index (χ0n) is 7.09. The van der Waals surface area contributed by atoms with Gasteiger partial charge < -0.3 is 9.84 Å². The van der Waals surface area contributed by atoms with Crippen molar-refractivity contribution < 1.29 is 14.6 Å². The number of hydrogen-bond donors (Lipinski definition) is 1. The molecule has 0 saturated carbocycles. The van der Waals surface area contributed by atoms with Crippen LogP contribution in [0.15, 0.2) is 0 Å². The number of carboxylic acids is 1. The van der Waals surface area contributed by atoms with Crippen LogP contribution < -0.4 is 0 Å². The lowest BCUT2D eigenvalue weighted by Gasteiger charge is -2.18. The molecule has 66 valence electrons. The highest BCUT2D eigenvalue weighted by molar-refractivity contribution is 5.75. The Morgan fingerprint density at radius 1 is 1.75 bits per heavy atom. The predicted octanol–water partition coefficient (Wildman–Crippen LogP) is 0.891. The van der Waals surface area contributed by atoms with Gasteiger partial charge in [-0.05, 0) is 13.3 Å². The summed E-state index contributed by atoms with van der Waals surface area (Å²) >= 11 is 0. The minimum absolute atomic E-state index is 0.303. The van der Waals surface area contributed by atoms with Crippen molar-refractivity contribution in [2.24, 2.45) is 5.41 Å². The van der Waals surface area contributed by atoms with Crippen LogP contribution in [0.1, 0.15) is 19.8 Å². The maximum Gasteiger partial charge on any atom is 0.313 e. The molecule has 3 heteroatoms. The summed E-state index contributed by atoms with van der Waals surface area (Å²) in [7, 11) is 0. The molecular formula is C9H12O3. The number of hydrogen-bond acceptors (Lipinski definition) is 2. The van der Waals surface area contributed by atoms with E-state index in [9.17, 15) is 4.79 Å². The first-order chi connectivity index (χ1) is 5.71. The van der Waals surface area contributed by atoms with Crippen LogP contribution in [0.3, 0.4) is 0 Å². The highest BCUT2D eigenvalue weighted by atomic mass is 16.5. The lowest BCUT2D eigenvalue weighted by atomic mass is 9.84. The third-order valence-electron chi connectivity index (χ3n) is 2.16. The predicted molar refractivity (Wildman–Crippen MR) is 43.6 cm³/mol. The highest BCUT2D eigenvalue weighted by Gasteiger charge is 2.41. The second-order valence-electron chi connectivity index (χ2n) is 2.99. The van der Waals surface area contributed by atoms with Gasteiger partial charge in [-0.25, -0.2) is 0 Å². The van der Waals surface area contributed by atoms with Crippen LogP contribution in [0, 0.1) is 17.3 Å². The summed E-state index contributed by atoms with van der Waals surface area (Å²) in [6, 6.07) is 0. The van der Waals surface area contributed by atoms with Gasteiger partial charge in [0.15, 0.2) is 0 Å². The first-order valence-electron chi connectivity index (χ1n) is 3.92. The van der Waals surface area contributed by atoms with Crippen molar-refractivity contribution in [1.82, 2.24) is 0 Å². The molecule has 0 aromatic rings. The van der Waals surface area contributed by atoms with Crippen molar-refractivity contribution in [2.45, 2.75) is 19.8 Å². The molecule has 1 aliphatic heterocycles. The van der Waals surface area contributed by atoms with Crippen molar-refractivity contribution >= 4 is 5.97 Å². The smallest absolute Gasteiger partial charge is 0.313 e. The fraction of sp³-hybridized carbons (Fsp3) is 0.667. The molecule has 3 nitrogen and oxygen atoms in total. The molecule has 1 rings (SSSR count). The van der Waals surface area contributed by atoms with Gasteiger partial charge in [0.2, 0.25) is 0 Å². The van der Waals surface area contributed by atoms with E-state index >= 15 is 0 Å². The monoisotopic (exact) mass is 168 g/mol. The van der Waals surface area contributed by atoms with Crippen LogP contribution in [0.5, 0.6) is 0 Å². The lowest BCUT2D eigenvalue weighted by Crippen LogP contribution is -2.30. The van der Waals surface area contributed by atoms with E-state index in [0.29, 0.717) is 26.1 Å². The maximum absolute atomic E-state index is 10.9. The van der Waals surface area contributed by atoms with E-state index in [1.165, 1.54) is 0 Å². The molecule has 0 spiro atoms. The first kappa shape index (κ1) is 9.08. The average molecular weight is 168 g/mol. The second-order valence-corrected chi connectivity index (χ2v) is 2.99. The van der Waals surface area contributed by atoms with Gasteiger partial charge in [-0.15, -0.1) is 11.8 Å². The van der Waals surface area contributed by atoms with E-state index in [-0.39, 0.29) is 0 Å². The summed E-state index contributed by atoms with van der Waals surface area (Å²) in [6.07, 6.45) is 0.982. The van der Waals surface area contributed by atoms with Crippen LogP contribution in [-0.4, -0.2) is 24.3 Å². The van der Waals surface area contributed by atoms with Gasteiger partial charge in [0, 0.05) is 13.0 Å². The normalized spacial score (nSPS) is 27.8. The van der Waals surface area contributed by atoms with Gasteiger partial charge in [-0.3, -0.25) is 4.79 Å². The minimum Gasteiger partial charge on any atom is -0.481 e. The molecule has 0 bridgehead atoms. The zero-order chi connectivity index (χ0) is 9.03. The van der Waals surface area contributed by atoms with Crippen molar-refractivity contribution in [3.63, 3.8) is 0 Å². The molecule has 0 aromatic heterocycles. The fourth-order valence-electron chi connectivity index (χ4n) is 1.25. The van der Waals surface area contributed by atoms with Crippen LogP contribution >= 0.6 is 0 Å². The van der Waals surface area contributed by atoms with Gasteiger partial charge >= 0.3 is 5.97 Å². The zero-order valence-corrected chi connectivity index (χ0v) is 7.09. The summed E-state index contributed by atoms with van der Waals surface area (Å²) in [5.74, 6) is 4.72. The van der Waals surface area contributed by atoms with Crippen LogP contribution in [0.25, 0.3) is 0 Å². The Bertz CT molecular complexity index is 228. The molecule has 1 aliphatic rings. The molecule has 1 heterocycles. The number of carboxylic acid groups (broad SMARTS) is 1. The van der Waals surface area contributed by atoms with Crippen molar-refractivity contribution in [3.05, 3.63) is 0 Å². The molecule has 0 aromatic carbocycles. The van der Waals surface area contributed by atoms with Crippen molar-refractivity contribution in [2.75, 3.05) is 13.2 Å². The quantitative estimate of drug-likeness (QED) is 0.623. The Hall–Kier alpha value is -1.01. The number of aliphatic carboxylic acids is 1. The lowest BCUT2D eigenvalue weighted by molar-refractivity contribution is -0.148. The second kappa shape index (κ2) is 3.59. The number of carbonyl (C=O) groups is 1. The van der Waals surface area contributed by atoms with Gasteiger partial charge in [0.05, 0.1) is 6.61 Å².